The number of nitrogens with two attached hydrogens (primary N) is 1. The molecule has 0 saturated carbocycles. The zero-order chi connectivity index (χ0) is 13.0. The van der Waals surface area contributed by atoms with E-state index in [0.29, 0.717) is 12.4 Å². The Labute approximate surface area is 105 Å². The fourth-order valence-corrected chi connectivity index (χ4v) is 1.59. The van der Waals surface area contributed by atoms with Crippen molar-refractivity contribution in [1.82, 2.24) is 25.1 Å². The third-order valence-corrected chi connectivity index (χ3v) is 2.66. The number of rotatable bonds is 6. The van der Waals surface area contributed by atoms with Gasteiger partial charge in [0.2, 0.25) is 5.89 Å². The van der Waals surface area contributed by atoms with E-state index in [4.69, 9.17) is 10.3 Å². The van der Waals surface area contributed by atoms with Crippen LogP contribution < -0.4 is 5.73 Å². The molecule has 0 radical (unpaired) electrons. The minimum absolute atomic E-state index is 0.0721. The third kappa shape index (κ3) is 2.92. The summed E-state index contributed by atoms with van der Waals surface area (Å²) >= 11 is 0. The Morgan fingerprint density at radius 3 is 3.00 bits per heavy atom. The zero-order valence-corrected chi connectivity index (χ0v) is 10.7. The molecule has 0 fully saturated rings. The quantitative estimate of drug-likeness (QED) is 0.823. The van der Waals surface area contributed by atoms with Crippen molar-refractivity contribution in [3.05, 3.63) is 23.6 Å². The molecule has 0 saturated heterocycles. The van der Waals surface area contributed by atoms with Crippen LogP contribution in [-0.4, -0.2) is 25.1 Å². The molecule has 2 aromatic rings. The Hall–Kier alpha value is -1.76. The minimum atomic E-state index is -0.0721. The maximum Gasteiger partial charge on any atom is 0.248 e. The maximum absolute atomic E-state index is 5.88. The largest absolute Gasteiger partial charge is 0.337 e. The molecular formula is C11H18N6O. The van der Waals surface area contributed by atoms with E-state index in [1.165, 1.54) is 0 Å². The van der Waals surface area contributed by atoms with Gasteiger partial charge in [-0.05, 0) is 12.8 Å². The first-order valence-electron chi connectivity index (χ1n) is 6.20. The van der Waals surface area contributed by atoms with Crippen LogP contribution in [-0.2, 0) is 13.0 Å². The average Bonchev–Trinajstić information content (AvgIpc) is 2.99. The summed E-state index contributed by atoms with van der Waals surface area (Å²) in [4.78, 5) is 4.27. The number of hydrogen-bond donors (Lipinski definition) is 1. The Morgan fingerprint density at radius 2 is 2.28 bits per heavy atom. The number of aromatic nitrogens is 5. The molecule has 2 rings (SSSR count). The highest BCUT2D eigenvalue weighted by molar-refractivity contribution is 5.00. The summed E-state index contributed by atoms with van der Waals surface area (Å²) in [6.45, 7) is 4.52. The first-order valence-corrected chi connectivity index (χ1v) is 6.20. The van der Waals surface area contributed by atoms with Crippen molar-refractivity contribution < 1.29 is 4.52 Å². The summed E-state index contributed by atoms with van der Waals surface area (Å²) in [6.07, 6.45) is 4.47. The van der Waals surface area contributed by atoms with Crippen LogP contribution in [0.15, 0.2) is 10.7 Å². The predicted octanol–water partition coefficient (Wildman–Crippen LogP) is 1.07. The van der Waals surface area contributed by atoms with Gasteiger partial charge in [0.25, 0.3) is 0 Å². The van der Waals surface area contributed by atoms with Gasteiger partial charge in [-0.25, -0.2) is 4.68 Å². The van der Waals surface area contributed by atoms with Crippen molar-refractivity contribution >= 4 is 0 Å². The molecule has 2 N–H and O–H groups in total. The molecule has 98 valence electrons. The summed E-state index contributed by atoms with van der Waals surface area (Å²) < 4.78 is 6.80. The Kier molecular flexibility index (Phi) is 4.03. The SMILES string of the molecule is CCCc1noc(Cn2cc(C(N)CC)nn2)n1. The van der Waals surface area contributed by atoms with Gasteiger partial charge < -0.3 is 10.3 Å². The van der Waals surface area contributed by atoms with E-state index in [0.717, 1.165) is 30.8 Å². The molecule has 7 heteroatoms. The smallest absolute Gasteiger partial charge is 0.248 e. The maximum atomic E-state index is 5.88. The van der Waals surface area contributed by atoms with E-state index in [-0.39, 0.29) is 6.04 Å². The Balaban J connectivity index is 2.01. The lowest BCUT2D eigenvalue weighted by Gasteiger charge is -2.01. The molecule has 2 heterocycles. The van der Waals surface area contributed by atoms with E-state index in [9.17, 15) is 0 Å². The molecular weight excluding hydrogens is 232 g/mol. The van der Waals surface area contributed by atoms with Crippen LogP contribution in [0.1, 0.15) is 50.1 Å². The van der Waals surface area contributed by atoms with Crippen molar-refractivity contribution in [3.63, 3.8) is 0 Å². The molecule has 18 heavy (non-hydrogen) atoms. The van der Waals surface area contributed by atoms with Crippen molar-refractivity contribution in [3.8, 4) is 0 Å². The van der Waals surface area contributed by atoms with Crippen molar-refractivity contribution in [2.45, 2.75) is 45.7 Å². The van der Waals surface area contributed by atoms with Gasteiger partial charge in [0.15, 0.2) is 5.82 Å². The summed E-state index contributed by atoms with van der Waals surface area (Å²) in [5.74, 6) is 1.28. The van der Waals surface area contributed by atoms with Gasteiger partial charge in [-0.2, -0.15) is 4.98 Å². The summed E-state index contributed by atoms with van der Waals surface area (Å²) in [7, 11) is 0. The number of aryl methyl sites for hydroxylation is 1. The summed E-state index contributed by atoms with van der Waals surface area (Å²) in [5.41, 5.74) is 6.66. The van der Waals surface area contributed by atoms with Gasteiger partial charge in [-0.1, -0.05) is 24.2 Å². The summed E-state index contributed by atoms with van der Waals surface area (Å²) in [6, 6.07) is -0.0721. The molecule has 0 aliphatic carbocycles. The lowest BCUT2D eigenvalue weighted by molar-refractivity contribution is 0.359. The van der Waals surface area contributed by atoms with Crippen LogP contribution in [0.25, 0.3) is 0 Å². The Bertz CT molecular complexity index is 491. The first-order chi connectivity index (χ1) is 8.72. The van der Waals surface area contributed by atoms with E-state index < -0.39 is 0 Å². The predicted molar refractivity (Wildman–Crippen MR) is 64.6 cm³/mol. The van der Waals surface area contributed by atoms with E-state index in [1.54, 1.807) is 4.68 Å². The highest BCUT2D eigenvalue weighted by Crippen LogP contribution is 2.10. The van der Waals surface area contributed by atoms with Crippen LogP contribution in [0.3, 0.4) is 0 Å². The molecule has 0 amide bonds. The topological polar surface area (TPSA) is 95.7 Å². The van der Waals surface area contributed by atoms with E-state index in [2.05, 4.69) is 27.4 Å². The standard InChI is InChI=1S/C11H18N6O/c1-3-5-10-13-11(18-15-10)7-17-6-9(14-16-17)8(12)4-2/h6,8H,3-5,7,12H2,1-2H3. The normalized spacial score (nSPS) is 12.8. The van der Waals surface area contributed by atoms with Crippen LogP contribution in [0.5, 0.6) is 0 Å². The molecule has 0 spiro atoms. The second kappa shape index (κ2) is 5.72. The number of hydrogen-bond acceptors (Lipinski definition) is 6. The van der Waals surface area contributed by atoms with Gasteiger partial charge >= 0.3 is 0 Å². The molecule has 1 atom stereocenters. The first kappa shape index (κ1) is 12.7. The average molecular weight is 250 g/mol. The number of nitrogens with zero attached hydrogens (tertiary/aromatic N) is 5. The molecule has 0 aliphatic rings. The molecule has 7 nitrogen and oxygen atoms in total. The van der Waals surface area contributed by atoms with E-state index >= 15 is 0 Å². The Morgan fingerprint density at radius 1 is 1.44 bits per heavy atom. The fraction of sp³-hybridized carbons (Fsp3) is 0.636. The van der Waals surface area contributed by atoms with Crippen molar-refractivity contribution in [1.29, 1.82) is 0 Å². The van der Waals surface area contributed by atoms with Gasteiger partial charge in [0.1, 0.15) is 6.54 Å². The highest BCUT2D eigenvalue weighted by Gasteiger charge is 2.11. The molecule has 1 unspecified atom stereocenters. The second-order valence-corrected chi connectivity index (χ2v) is 4.21. The highest BCUT2D eigenvalue weighted by atomic mass is 16.5. The molecule has 2 aromatic heterocycles. The van der Waals surface area contributed by atoms with Crippen LogP contribution in [0.4, 0.5) is 0 Å². The van der Waals surface area contributed by atoms with Crippen LogP contribution in [0, 0.1) is 0 Å². The molecule has 0 bridgehead atoms. The molecule has 0 aliphatic heterocycles. The van der Waals surface area contributed by atoms with Crippen LogP contribution in [0.2, 0.25) is 0 Å². The second-order valence-electron chi connectivity index (χ2n) is 4.21. The monoisotopic (exact) mass is 250 g/mol. The van der Waals surface area contributed by atoms with Crippen molar-refractivity contribution in [2.75, 3.05) is 0 Å². The lowest BCUT2D eigenvalue weighted by Crippen LogP contribution is -2.08. The minimum Gasteiger partial charge on any atom is -0.337 e. The zero-order valence-electron chi connectivity index (χ0n) is 10.7. The van der Waals surface area contributed by atoms with Gasteiger partial charge in [0.05, 0.1) is 17.9 Å². The van der Waals surface area contributed by atoms with Crippen molar-refractivity contribution in [2.24, 2.45) is 5.73 Å². The van der Waals surface area contributed by atoms with Gasteiger partial charge in [-0.15, -0.1) is 5.10 Å². The van der Waals surface area contributed by atoms with Crippen LogP contribution >= 0.6 is 0 Å². The van der Waals surface area contributed by atoms with E-state index in [1.807, 2.05) is 13.1 Å². The van der Waals surface area contributed by atoms with Gasteiger partial charge in [-0.3, -0.25) is 0 Å². The summed E-state index contributed by atoms with van der Waals surface area (Å²) in [5, 5.41) is 11.9. The van der Waals surface area contributed by atoms with Gasteiger partial charge in [0, 0.05) is 6.42 Å². The lowest BCUT2D eigenvalue weighted by atomic mass is 10.2. The third-order valence-electron chi connectivity index (χ3n) is 2.66. The molecule has 0 aromatic carbocycles. The fourth-order valence-electron chi connectivity index (χ4n) is 1.59.